The van der Waals surface area contributed by atoms with Gasteiger partial charge in [0, 0.05) is 17.6 Å². The smallest absolute Gasteiger partial charge is 0.316 e. The highest BCUT2D eigenvalue weighted by Gasteiger charge is 2.28. The number of ether oxygens (including phenoxy) is 1. The van der Waals surface area contributed by atoms with Crippen molar-refractivity contribution in [3.63, 3.8) is 0 Å². The van der Waals surface area contributed by atoms with Gasteiger partial charge in [-0.1, -0.05) is 35.5 Å². The molecule has 0 fully saturated rings. The quantitative estimate of drug-likeness (QED) is 0.489. The van der Waals surface area contributed by atoms with Crippen molar-refractivity contribution >= 4 is 40.9 Å². The Morgan fingerprint density at radius 3 is 2.81 bits per heavy atom. The molecule has 3 aromatic rings. The second-order valence-electron chi connectivity index (χ2n) is 6.18. The number of fused-ring (bicyclic) bond motifs is 2. The second kappa shape index (κ2) is 7.28. The Bertz CT molecular complexity index is 1040. The molecule has 1 aliphatic carbocycles. The van der Waals surface area contributed by atoms with Crippen LogP contribution in [0.15, 0.2) is 35.6 Å². The summed E-state index contributed by atoms with van der Waals surface area (Å²) >= 11 is 7.12. The molecular formula is C18H15ClN4O3S. The molecule has 7 nitrogen and oxygen atoms in total. The average Bonchev–Trinajstić information content (AvgIpc) is 3.07. The standard InChI is InChI=1S/C18H15ClN4O3S/c1-26-16(25)9-27-18-21-17-20-14-6-11(10-2-4-12(19)5-3-10)7-15(24)13(14)8-23(17)22-18/h2-5,8,11H,6-7,9H2,1H3. The Kier molecular flexibility index (Phi) is 4.84. The molecule has 1 aliphatic rings. The fourth-order valence-electron chi connectivity index (χ4n) is 3.08. The Morgan fingerprint density at radius 1 is 1.30 bits per heavy atom. The van der Waals surface area contributed by atoms with Gasteiger partial charge in [-0.2, -0.15) is 4.98 Å². The van der Waals surface area contributed by atoms with Gasteiger partial charge in [-0.25, -0.2) is 9.50 Å². The van der Waals surface area contributed by atoms with Gasteiger partial charge in [0.25, 0.3) is 5.78 Å². The van der Waals surface area contributed by atoms with Crippen molar-refractivity contribution in [3.8, 4) is 0 Å². The summed E-state index contributed by atoms with van der Waals surface area (Å²) in [7, 11) is 1.33. The maximum atomic E-state index is 12.6. The van der Waals surface area contributed by atoms with Gasteiger partial charge in [-0.05, 0) is 30.0 Å². The maximum Gasteiger partial charge on any atom is 0.316 e. The van der Waals surface area contributed by atoms with E-state index in [1.807, 2.05) is 24.3 Å². The van der Waals surface area contributed by atoms with Crippen molar-refractivity contribution < 1.29 is 14.3 Å². The molecule has 0 radical (unpaired) electrons. The number of benzene rings is 1. The number of hydrogen-bond donors (Lipinski definition) is 0. The van der Waals surface area contributed by atoms with E-state index in [0.29, 0.717) is 34.4 Å². The summed E-state index contributed by atoms with van der Waals surface area (Å²) < 4.78 is 6.10. The number of hydrogen-bond acceptors (Lipinski definition) is 7. The van der Waals surface area contributed by atoms with Crippen LogP contribution in [0.25, 0.3) is 5.78 Å². The number of Topliss-reactive ketones (excluding diaryl/α,β-unsaturated/α-hetero) is 1. The number of ketones is 1. The lowest BCUT2D eigenvalue weighted by Gasteiger charge is -2.23. The minimum Gasteiger partial charge on any atom is -0.468 e. The molecule has 27 heavy (non-hydrogen) atoms. The molecule has 0 bridgehead atoms. The van der Waals surface area contributed by atoms with Crippen LogP contribution in [0, 0.1) is 0 Å². The Hall–Kier alpha value is -2.45. The minimum atomic E-state index is -0.355. The third-order valence-electron chi connectivity index (χ3n) is 4.45. The lowest BCUT2D eigenvalue weighted by Crippen LogP contribution is -2.21. The molecule has 9 heteroatoms. The summed E-state index contributed by atoms with van der Waals surface area (Å²) in [6.45, 7) is 0. The summed E-state index contributed by atoms with van der Waals surface area (Å²) in [6.07, 6.45) is 2.74. The van der Waals surface area contributed by atoms with Crippen LogP contribution in [-0.4, -0.2) is 44.2 Å². The van der Waals surface area contributed by atoms with Crippen molar-refractivity contribution in [2.75, 3.05) is 12.9 Å². The Morgan fingerprint density at radius 2 is 2.07 bits per heavy atom. The third kappa shape index (κ3) is 3.68. The summed E-state index contributed by atoms with van der Waals surface area (Å²) in [6, 6.07) is 7.55. The molecule has 1 atom stereocenters. The molecule has 2 aromatic heterocycles. The summed E-state index contributed by atoms with van der Waals surface area (Å²) in [4.78, 5) is 32.8. The van der Waals surface area contributed by atoms with Crippen LogP contribution in [-0.2, 0) is 16.0 Å². The van der Waals surface area contributed by atoms with Crippen LogP contribution < -0.4 is 0 Å². The third-order valence-corrected chi connectivity index (χ3v) is 5.51. The van der Waals surface area contributed by atoms with Gasteiger partial charge in [0.2, 0.25) is 5.16 Å². The summed E-state index contributed by atoms with van der Waals surface area (Å²) in [5, 5.41) is 5.36. The van der Waals surface area contributed by atoms with Crippen LogP contribution in [0.5, 0.6) is 0 Å². The Balaban J connectivity index is 1.62. The zero-order chi connectivity index (χ0) is 19.0. The molecule has 0 spiro atoms. The van der Waals surface area contributed by atoms with Crippen molar-refractivity contribution in [2.24, 2.45) is 0 Å². The maximum absolute atomic E-state index is 12.6. The number of rotatable bonds is 4. The van der Waals surface area contributed by atoms with Crippen LogP contribution in [0.4, 0.5) is 0 Å². The van der Waals surface area contributed by atoms with Gasteiger partial charge in [-0.3, -0.25) is 9.59 Å². The van der Waals surface area contributed by atoms with Crippen LogP contribution >= 0.6 is 23.4 Å². The average molecular weight is 403 g/mol. The number of nitrogens with zero attached hydrogens (tertiary/aromatic N) is 4. The van der Waals surface area contributed by atoms with Gasteiger partial charge >= 0.3 is 5.97 Å². The van der Waals surface area contributed by atoms with E-state index >= 15 is 0 Å². The number of halogens is 1. The van der Waals surface area contributed by atoms with Crippen LogP contribution in [0.1, 0.15) is 34.0 Å². The van der Waals surface area contributed by atoms with Gasteiger partial charge in [-0.15, -0.1) is 5.10 Å². The highest BCUT2D eigenvalue weighted by atomic mass is 35.5. The van der Waals surface area contributed by atoms with Crippen molar-refractivity contribution in [2.45, 2.75) is 23.9 Å². The van der Waals surface area contributed by atoms with E-state index in [4.69, 9.17) is 11.6 Å². The van der Waals surface area contributed by atoms with Crippen molar-refractivity contribution in [1.82, 2.24) is 19.6 Å². The van der Waals surface area contributed by atoms with E-state index in [1.165, 1.54) is 23.4 Å². The first kappa shape index (κ1) is 17.9. The summed E-state index contributed by atoms with van der Waals surface area (Å²) in [5.41, 5.74) is 2.36. The number of aromatic nitrogens is 4. The number of carbonyl (C=O) groups is 2. The van der Waals surface area contributed by atoms with Gasteiger partial charge in [0.15, 0.2) is 5.78 Å². The predicted octanol–water partition coefficient (Wildman–Crippen LogP) is 2.96. The first-order chi connectivity index (χ1) is 13.0. The molecule has 4 rings (SSSR count). The lowest BCUT2D eigenvalue weighted by molar-refractivity contribution is -0.137. The zero-order valence-electron chi connectivity index (χ0n) is 14.4. The van der Waals surface area contributed by atoms with E-state index in [2.05, 4.69) is 19.8 Å². The first-order valence-corrected chi connectivity index (χ1v) is 9.64. The molecule has 0 saturated carbocycles. The van der Waals surface area contributed by atoms with Crippen LogP contribution in [0.2, 0.25) is 5.02 Å². The monoisotopic (exact) mass is 402 g/mol. The largest absolute Gasteiger partial charge is 0.468 e. The molecular weight excluding hydrogens is 388 g/mol. The molecule has 1 aromatic carbocycles. The molecule has 0 aliphatic heterocycles. The number of esters is 1. The van der Waals surface area contributed by atoms with E-state index in [9.17, 15) is 9.59 Å². The highest BCUT2D eigenvalue weighted by Crippen LogP contribution is 2.32. The topological polar surface area (TPSA) is 86.4 Å². The van der Waals surface area contributed by atoms with E-state index in [0.717, 1.165) is 11.3 Å². The summed E-state index contributed by atoms with van der Waals surface area (Å²) in [5.74, 6) is 0.265. The normalized spacial score (nSPS) is 16.4. The molecule has 2 heterocycles. The van der Waals surface area contributed by atoms with Crippen molar-refractivity contribution in [3.05, 3.63) is 52.3 Å². The predicted molar refractivity (Wildman–Crippen MR) is 100 cm³/mol. The number of methoxy groups -OCH3 is 1. The minimum absolute atomic E-state index is 0.0323. The fraction of sp³-hybridized carbons (Fsp3) is 0.278. The Labute approximate surface area is 164 Å². The van der Waals surface area contributed by atoms with E-state index in [1.54, 1.807) is 6.20 Å². The number of carbonyl (C=O) groups excluding carboxylic acids is 2. The van der Waals surface area contributed by atoms with E-state index < -0.39 is 0 Å². The molecule has 0 N–H and O–H groups in total. The molecule has 138 valence electrons. The van der Waals surface area contributed by atoms with Crippen molar-refractivity contribution in [1.29, 1.82) is 0 Å². The number of thioether (sulfide) groups is 1. The van der Waals surface area contributed by atoms with Gasteiger partial charge in [0.05, 0.1) is 24.1 Å². The van der Waals surface area contributed by atoms with E-state index in [-0.39, 0.29) is 23.4 Å². The molecule has 0 saturated heterocycles. The van der Waals surface area contributed by atoms with Gasteiger partial charge in [0.1, 0.15) is 0 Å². The second-order valence-corrected chi connectivity index (χ2v) is 7.56. The highest BCUT2D eigenvalue weighted by molar-refractivity contribution is 7.99. The molecule has 1 unspecified atom stereocenters. The first-order valence-electron chi connectivity index (χ1n) is 8.28. The molecule has 0 amide bonds. The zero-order valence-corrected chi connectivity index (χ0v) is 16.0. The van der Waals surface area contributed by atoms with Crippen LogP contribution in [0.3, 0.4) is 0 Å². The van der Waals surface area contributed by atoms with Gasteiger partial charge < -0.3 is 4.74 Å². The SMILES string of the molecule is COC(=O)CSc1nc2nc3c(cn2n1)C(=O)CC(c1ccc(Cl)cc1)C3. The fourth-order valence-corrected chi connectivity index (χ4v) is 3.86. The lowest BCUT2D eigenvalue weighted by atomic mass is 9.82.